The quantitative estimate of drug-likeness (QED) is 0.0146. The van der Waals surface area contributed by atoms with Crippen LogP contribution in [0.1, 0.15) is 252 Å². The maximum atomic E-state index is 12.9. The number of carbonyl (C=O) groups is 3. The highest BCUT2D eigenvalue weighted by molar-refractivity contribution is 7.47. The van der Waals surface area contributed by atoms with Crippen molar-refractivity contribution in [2.24, 2.45) is 0 Å². The van der Waals surface area contributed by atoms with Gasteiger partial charge in [-0.2, -0.15) is 0 Å². The van der Waals surface area contributed by atoms with Gasteiger partial charge in [-0.05, 0) is 141 Å². The van der Waals surface area contributed by atoms with Gasteiger partial charge in [0.25, 0.3) is 0 Å². The van der Waals surface area contributed by atoms with Crippen molar-refractivity contribution in [1.29, 1.82) is 0 Å². The molecule has 0 aromatic heterocycles. The molecule has 0 fully saturated rings. The Morgan fingerprint density at radius 3 is 0.895 bits per heavy atom. The number of phosphoric ester groups is 2. The minimum atomic E-state index is -4.94. The zero-order valence-electron chi connectivity index (χ0n) is 58.5. The van der Waals surface area contributed by atoms with E-state index in [1.165, 1.54) is 19.3 Å². The van der Waals surface area contributed by atoms with Crippen LogP contribution in [0, 0.1) is 0 Å². The molecule has 0 bridgehead atoms. The SMILES string of the molecule is CC/C=C\C/C=C\C/C=C\C/C=C\C/C=C\C/C=C\CCCCCCCCCCC(=O)OCC(O)COP(=O)(O)OCC(O)COP(=O)(O)OCC(COC(=O)CCCCC/C=C\C/C=C\C/C=C\C/C=C\C/C=C\CC)OC(=O)CCCCCCC/C=C\C/C=C\CCC. The van der Waals surface area contributed by atoms with Crippen LogP contribution in [0.5, 0.6) is 0 Å². The average Bonchev–Trinajstić information content (AvgIpc) is 1.81. The largest absolute Gasteiger partial charge is 0.472 e. The van der Waals surface area contributed by atoms with Crippen LogP contribution in [-0.4, -0.2) is 95.9 Å². The third-order valence-corrected chi connectivity index (χ3v) is 16.1. The van der Waals surface area contributed by atoms with Crippen LogP contribution in [0.2, 0.25) is 0 Å². The number of hydrogen-bond donors (Lipinski definition) is 4. The van der Waals surface area contributed by atoms with E-state index < -0.39 is 91.5 Å². The molecule has 5 unspecified atom stereocenters. The van der Waals surface area contributed by atoms with Crippen molar-refractivity contribution in [3.05, 3.63) is 158 Å². The third kappa shape index (κ3) is 70.3. The second-order valence-corrected chi connectivity index (χ2v) is 26.2. The van der Waals surface area contributed by atoms with Crippen LogP contribution in [0.4, 0.5) is 0 Å². The van der Waals surface area contributed by atoms with E-state index >= 15 is 0 Å². The van der Waals surface area contributed by atoms with E-state index in [1.54, 1.807) is 0 Å². The van der Waals surface area contributed by atoms with E-state index in [1.807, 2.05) is 0 Å². The molecule has 0 aromatic carbocycles. The van der Waals surface area contributed by atoms with Gasteiger partial charge in [-0.1, -0.05) is 249 Å². The highest BCUT2D eigenvalue weighted by Crippen LogP contribution is 2.45. The fourth-order valence-electron chi connectivity index (χ4n) is 8.81. The molecular formula is C77H126O16P2. The zero-order valence-corrected chi connectivity index (χ0v) is 60.3. The first-order valence-corrected chi connectivity index (χ1v) is 38.8. The number of ether oxygens (including phenoxy) is 3. The fraction of sp³-hybridized carbons (Fsp3) is 0.623. The number of carbonyl (C=O) groups excluding carboxylic acids is 3. The molecule has 0 saturated carbocycles. The Morgan fingerprint density at radius 2 is 0.558 bits per heavy atom. The van der Waals surface area contributed by atoms with Crippen molar-refractivity contribution in [3.63, 3.8) is 0 Å². The first-order valence-electron chi connectivity index (χ1n) is 35.8. The fourth-order valence-corrected chi connectivity index (χ4v) is 10.4. The molecule has 0 radical (unpaired) electrons. The number of esters is 3. The van der Waals surface area contributed by atoms with Gasteiger partial charge in [0, 0.05) is 19.3 Å². The lowest BCUT2D eigenvalue weighted by molar-refractivity contribution is -0.161. The predicted octanol–water partition coefficient (Wildman–Crippen LogP) is 20.3. The van der Waals surface area contributed by atoms with Gasteiger partial charge in [-0.3, -0.25) is 32.5 Å². The Kier molecular flexibility index (Phi) is 65.6. The monoisotopic (exact) mass is 1370 g/mol. The summed E-state index contributed by atoms with van der Waals surface area (Å²) in [5.41, 5.74) is 0. The number of hydrogen-bond acceptors (Lipinski definition) is 14. The van der Waals surface area contributed by atoms with Crippen molar-refractivity contribution >= 4 is 33.6 Å². The van der Waals surface area contributed by atoms with E-state index in [-0.39, 0.29) is 19.3 Å². The third-order valence-electron chi connectivity index (χ3n) is 14.2. The Balaban J connectivity index is 4.59. The van der Waals surface area contributed by atoms with Crippen molar-refractivity contribution in [3.8, 4) is 0 Å². The van der Waals surface area contributed by atoms with E-state index in [2.05, 4.69) is 179 Å². The number of aliphatic hydroxyl groups is 2. The lowest BCUT2D eigenvalue weighted by Crippen LogP contribution is -2.30. The second-order valence-electron chi connectivity index (χ2n) is 23.3. The van der Waals surface area contributed by atoms with Gasteiger partial charge in [-0.25, -0.2) is 9.13 Å². The molecule has 0 saturated heterocycles. The molecule has 0 heterocycles. The summed E-state index contributed by atoms with van der Waals surface area (Å²) in [6.45, 7) is 2.28. The average molecular weight is 1370 g/mol. The van der Waals surface area contributed by atoms with Crippen LogP contribution in [0.3, 0.4) is 0 Å². The van der Waals surface area contributed by atoms with Gasteiger partial charge in [0.15, 0.2) is 6.10 Å². The number of unbranched alkanes of at least 4 members (excludes halogenated alkanes) is 17. The Labute approximate surface area is 574 Å². The van der Waals surface area contributed by atoms with E-state index in [0.29, 0.717) is 19.3 Å². The maximum absolute atomic E-state index is 12.9. The second kappa shape index (κ2) is 69.1. The summed E-state index contributed by atoms with van der Waals surface area (Å²) in [4.78, 5) is 58.4. The standard InChI is InChI=1S/C77H126O16P2/c1-4-7-10-13-16-19-22-25-27-29-31-32-33-34-35-36-37-38-40-42-43-46-48-51-54-57-60-63-75(80)87-66-72(78)67-89-94(83,84)90-68-73(79)69-91-95(85,86)92-71-74(93-77(82)65-62-59-56-53-50-45-24-21-18-15-12-9-6-3)70-88-76(81)64-61-58-55-52-49-47-44-41-39-30-28-26-23-20-17-14-11-8-5-2/h7-8,10-12,15-17,19-21,24-28,31-32,34-35,37-39,41,47,49,72-74,78-79H,4-6,9,13-14,18,22-23,29-30,33,36,40,42-46,48,50-71H2,1-3H3,(H,83,84)(H,85,86)/b10-7-,11-8-,15-12-,19-16-,20-17-,24-21-,27-25-,28-26-,32-31-,35-34-,38-37-,41-39-,49-47-. The minimum Gasteiger partial charge on any atom is -0.463 e. The Hall–Kier alpha value is -4.83. The molecule has 0 rings (SSSR count). The van der Waals surface area contributed by atoms with Gasteiger partial charge < -0.3 is 34.2 Å². The predicted molar refractivity (Wildman–Crippen MR) is 389 cm³/mol. The van der Waals surface area contributed by atoms with Gasteiger partial charge in [0.05, 0.1) is 26.4 Å². The summed E-state index contributed by atoms with van der Waals surface area (Å²) in [5.74, 6) is -1.65. The van der Waals surface area contributed by atoms with Gasteiger partial charge in [-0.15, -0.1) is 0 Å². The van der Waals surface area contributed by atoms with E-state index in [0.717, 1.165) is 173 Å². The van der Waals surface area contributed by atoms with Gasteiger partial charge in [0.2, 0.25) is 0 Å². The van der Waals surface area contributed by atoms with Gasteiger partial charge in [0.1, 0.15) is 25.4 Å². The number of rotatable bonds is 66. The molecule has 18 heteroatoms. The summed E-state index contributed by atoms with van der Waals surface area (Å²) in [7, 11) is -9.81. The number of allylic oxidation sites excluding steroid dienone is 26. The molecule has 0 aliphatic heterocycles. The summed E-state index contributed by atoms with van der Waals surface area (Å²) < 4.78 is 60.9. The normalized spacial score (nSPS) is 15.1. The smallest absolute Gasteiger partial charge is 0.463 e. The summed E-state index contributed by atoms with van der Waals surface area (Å²) in [6, 6.07) is 0. The summed E-state index contributed by atoms with van der Waals surface area (Å²) in [5, 5.41) is 20.6. The van der Waals surface area contributed by atoms with Crippen molar-refractivity contribution in [2.75, 3.05) is 39.6 Å². The molecule has 0 aromatic rings. The molecule has 0 amide bonds. The lowest BCUT2D eigenvalue weighted by Gasteiger charge is -2.21. The van der Waals surface area contributed by atoms with Crippen molar-refractivity contribution in [1.82, 2.24) is 0 Å². The molecule has 95 heavy (non-hydrogen) atoms. The topological polar surface area (TPSA) is 231 Å². The summed E-state index contributed by atoms with van der Waals surface area (Å²) in [6.07, 6.45) is 84.4. The minimum absolute atomic E-state index is 0.0754. The van der Waals surface area contributed by atoms with Crippen LogP contribution in [0.25, 0.3) is 0 Å². The zero-order chi connectivity index (χ0) is 69.5. The Bertz CT molecular complexity index is 2360. The molecule has 16 nitrogen and oxygen atoms in total. The van der Waals surface area contributed by atoms with Crippen LogP contribution < -0.4 is 0 Å². The van der Waals surface area contributed by atoms with E-state index in [4.69, 9.17) is 32.3 Å². The molecule has 0 spiro atoms. The molecule has 4 N–H and O–H groups in total. The van der Waals surface area contributed by atoms with Crippen molar-refractivity contribution < 1.29 is 75.8 Å². The van der Waals surface area contributed by atoms with E-state index in [9.17, 15) is 43.5 Å². The van der Waals surface area contributed by atoms with Crippen molar-refractivity contribution in [2.45, 2.75) is 270 Å². The maximum Gasteiger partial charge on any atom is 0.472 e. The first-order chi connectivity index (χ1) is 46.2. The molecule has 540 valence electrons. The summed E-state index contributed by atoms with van der Waals surface area (Å²) >= 11 is 0. The molecular weight excluding hydrogens is 1240 g/mol. The van der Waals surface area contributed by atoms with Gasteiger partial charge >= 0.3 is 33.6 Å². The molecule has 5 atom stereocenters. The Morgan fingerprint density at radius 1 is 0.305 bits per heavy atom. The molecule has 0 aliphatic rings. The highest BCUT2D eigenvalue weighted by atomic mass is 31.2. The number of phosphoric acid groups is 2. The van der Waals surface area contributed by atoms with Crippen LogP contribution in [0.15, 0.2) is 158 Å². The van der Waals surface area contributed by atoms with Crippen LogP contribution in [-0.2, 0) is 55.8 Å². The lowest BCUT2D eigenvalue weighted by atomic mass is 10.1. The van der Waals surface area contributed by atoms with Crippen LogP contribution >= 0.6 is 15.6 Å². The molecule has 0 aliphatic carbocycles. The first kappa shape index (κ1) is 90.2. The highest BCUT2D eigenvalue weighted by Gasteiger charge is 2.29. The number of aliphatic hydroxyl groups excluding tert-OH is 2.